The van der Waals surface area contributed by atoms with Gasteiger partial charge in [-0.25, -0.2) is 14.0 Å². The number of nitrogens with zero attached hydrogens (tertiary/aromatic N) is 5. The van der Waals surface area contributed by atoms with Crippen LogP contribution in [-0.2, 0) is 0 Å². The summed E-state index contributed by atoms with van der Waals surface area (Å²) in [7, 11) is 1.54. The minimum absolute atomic E-state index is 0.183. The first-order chi connectivity index (χ1) is 15.7. The van der Waals surface area contributed by atoms with Crippen LogP contribution in [0.2, 0.25) is 0 Å². The number of methoxy groups -OCH3 is 1. The summed E-state index contributed by atoms with van der Waals surface area (Å²) in [5.41, 5.74) is 2.46. The Morgan fingerprint density at radius 2 is 1.78 bits per heavy atom. The molecule has 3 aromatic heterocycles. The second-order valence-electron chi connectivity index (χ2n) is 6.93. The van der Waals surface area contributed by atoms with Crippen molar-refractivity contribution in [3.63, 3.8) is 0 Å². The van der Waals surface area contributed by atoms with Crippen LogP contribution in [0.3, 0.4) is 0 Å². The highest BCUT2D eigenvalue weighted by Gasteiger charge is 2.15. The van der Waals surface area contributed by atoms with E-state index in [0.29, 0.717) is 22.8 Å². The van der Waals surface area contributed by atoms with Gasteiger partial charge in [-0.15, -0.1) is 0 Å². The summed E-state index contributed by atoms with van der Waals surface area (Å²) in [6, 6.07) is 19.4. The van der Waals surface area contributed by atoms with Gasteiger partial charge in [0.1, 0.15) is 11.4 Å². The largest absolute Gasteiger partial charge is 0.494 e. The van der Waals surface area contributed by atoms with Gasteiger partial charge >= 0.3 is 0 Å². The third-order valence-electron chi connectivity index (χ3n) is 5.01. The predicted octanol–water partition coefficient (Wildman–Crippen LogP) is 2.57. The van der Waals surface area contributed by atoms with Crippen LogP contribution in [0.5, 0.6) is 5.75 Å². The van der Waals surface area contributed by atoms with Gasteiger partial charge in [0.05, 0.1) is 30.4 Å². The quantitative estimate of drug-likeness (QED) is 0.466. The molecule has 0 radical (unpaired) electrons. The second-order valence-corrected chi connectivity index (χ2v) is 6.93. The topological polar surface area (TPSA) is 99.7 Å². The molecule has 0 unspecified atom stereocenters. The molecule has 0 bridgehead atoms. The van der Waals surface area contributed by atoms with Gasteiger partial charge in [0.2, 0.25) is 5.43 Å². The van der Waals surface area contributed by atoms with Gasteiger partial charge in [0.25, 0.3) is 5.56 Å². The molecule has 32 heavy (non-hydrogen) atoms. The van der Waals surface area contributed by atoms with E-state index in [2.05, 4.69) is 15.3 Å². The molecular weight excluding hydrogens is 408 g/mol. The molecule has 5 aromatic rings. The summed E-state index contributed by atoms with van der Waals surface area (Å²) < 4.78 is 10.2. The Bertz CT molecular complexity index is 1510. The monoisotopic (exact) mass is 426 g/mol. The highest BCUT2D eigenvalue weighted by Crippen LogP contribution is 2.25. The number of aromatic nitrogens is 6. The smallest absolute Gasteiger partial charge is 0.271 e. The zero-order chi connectivity index (χ0) is 22.1. The fraction of sp³-hybridized carbons (Fsp3) is 0.0435. The van der Waals surface area contributed by atoms with Crippen molar-refractivity contribution in [2.24, 2.45) is 0 Å². The van der Waals surface area contributed by atoms with Crippen molar-refractivity contribution in [1.82, 2.24) is 29.3 Å². The maximum absolute atomic E-state index is 12.7. The highest BCUT2D eigenvalue weighted by atomic mass is 16.5. The number of ether oxygens (including phenoxy) is 1. The molecule has 5 rings (SSSR count). The van der Waals surface area contributed by atoms with Crippen LogP contribution < -0.4 is 15.7 Å². The molecule has 0 aliphatic carbocycles. The molecule has 0 spiro atoms. The van der Waals surface area contributed by atoms with Crippen molar-refractivity contribution in [1.29, 1.82) is 0 Å². The lowest BCUT2D eigenvalue weighted by atomic mass is 10.2. The second kappa shape index (κ2) is 7.88. The number of aromatic amines is 1. The number of H-pyrrole nitrogens is 1. The van der Waals surface area contributed by atoms with Gasteiger partial charge in [-0.3, -0.25) is 14.7 Å². The lowest BCUT2D eigenvalue weighted by Crippen LogP contribution is -2.16. The molecule has 0 amide bonds. The number of nitrogens with one attached hydrogen (secondary N) is 1. The lowest BCUT2D eigenvalue weighted by molar-refractivity contribution is 0.411. The predicted molar refractivity (Wildman–Crippen MR) is 119 cm³/mol. The van der Waals surface area contributed by atoms with Crippen molar-refractivity contribution in [2.75, 3.05) is 7.11 Å². The first kappa shape index (κ1) is 19.3. The standard InChI is InChI=1S/C23H18N6O3/c1-32-21-15-17(29-22(31)10-13-25-29)7-8-18(21)27-14-11-20(30)23(26-27)19-9-12-24-28(19)16-5-3-2-4-6-16/h2-15,25H,1H3. The summed E-state index contributed by atoms with van der Waals surface area (Å²) in [4.78, 5) is 24.7. The Morgan fingerprint density at radius 1 is 0.938 bits per heavy atom. The molecular formula is C23H18N6O3. The Balaban J connectivity index is 1.62. The number of hydrogen-bond donors (Lipinski definition) is 1. The zero-order valence-electron chi connectivity index (χ0n) is 17.0. The van der Waals surface area contributed by atoms with Crippen molar-refractivity contribution < 1.29 is 4.74 Å². The van der Waals surface area contributed by atoms with Gasteiger partial charge in [-0.05, 0) is 30.3 Å². The molecule has 3 heterocycles. The zero-order valence-corrected chi connectivity index (χ0v) is 17.0. The molecule has 9 nitrogen and oxygen atoms in total. The summed E-state index contributed by atoms with van der Waals surface area (Å²) in [6.45, 7) is 0. The van der Waals surface area contributed by atoms with Crippen molar-refractivity contribution in [3.05, 3.63) is 106 Å². The van der Waals surface area contributed by atoms with Gasteiger partial charge in [0.15, 0.2) is 5.69 Å². The first-order valence-electron chi connectivity index (χ1n) is 9.81. The summed E-state index contributed by atoms with van der Waals surface area (Å²) in [6.07, 6.45) is 4.77. The maximum atomic E-state index is 12.7. The molecule has 0 aliphatic heterocycles. The minimum Gasteiger partial charge on any atom is -0.494 e. The Labute approximate surface area is 181 Å². The number of benzene rings is 2. The van der Waals surface area contributed by atoms with E-state index in [1.807, 2.05) is 30.3 Å². The molecule has 0 fully saturated rings. The van der Waals surface area contributed by atoms with Gasteiger partial charge < -0.3 is 4.74 Å². The fourth-order valence-corrected chi connectivity index (χ4v) is 3.49. The van der Waals surface area contributed by atoms with Crippen LogP contribution in [0.4, 0.5) is 0 Å². The Kier molecular flexibility index (Phi) is 4.75. The summed E-state index contributed by atoms with van der Waals surface area (Å²) in [5, 5.41) is 11.8. The molecule has 9 heteroatoms. The molecule has 0 atom stereocenters. The van der Waals surface area contributed by atoms with E-state index in [-0.39, 0.29) is 16.7 Å². The van der Waals surface area contributed by atoms with E-state index in [1.165, 1.54) is 23.9 Å². The van der Waals surface area contributed by atoms with E-state index in [9.17, 15) is 9.59 Å². The van der Waals surface area contributed by atoms with Crippen LogP contribution in [0.1, 0.15) is 0 Å². The first-order valence-corrected chi connectivity index (χ1v) is 9.81. The van der Waals surface area contributed by atoms with Crippen molar-refractivity contribution >= 4 is 0 Å². The summed E-state index contributed by atoms with van der Waals surface area (Å²) >= 11 is 0. The molecule has 0 saturated heterocycles. The molecule has 1 N–H and O–H groups in total. The van der Waals surface area contributed by atoms with Gasteiger partial charge in [-0.2, -0.15) is 10.2 Å². The SMILES string of the molecule is COc1cc(-n2[nH]ccc2=O)ccc1-n1ccc(=O)c(-c2ccnn2-c2ccccc2)n1. The van der Waals surface area contributed by atoms with Crippen LogP contribution in [0.25, 0.3) is 28.5 Å². The third-order valence-corrected chi connectivity index (χ3v) is 5.01. The third kappa shape index (κ3) is 3.31. The van der Waals surface area contributed by atoms with E-state index >= 15 is 0 Å². The van der Waals surface area contributed by atoms with E-state index in [0.717, 1.165) is 5.69 Å². The molecule has 2 aromatic carbocycles. The Hall–Kier alpha value is -4.66. The maximum Gasteiger partial charge on any atom is 0.271 e. The number of rotatable bonds is 5. The fourth-order valence-electron chi connectivity index (χ4n) is 3.49. The lowest BCUT2D eigenvalue weighted by Gasteiger charge is -2.14. The molecule has 0 saturated carbocycles. The summed E-state index contributed by atoms with van der Waals surface area (Å²) in [5.74, 6) is 0.489. The van der Waals surface area contributed by atoms with Crippen LogP contribution in [-0.4, -0.2) is 36.5 Å². The van der Waals surface area contributed by atoms with E-state index in [1.54, 1.807) is 52.2 Å². The van der Waals surface area contributed by atoms with Crippen LogP contribution in [0.15, 0.2) is 94.9 Å². The number of para-hydroxylation sites is 1. The van der Waals surface area contributed by atoms with Crippen molar-refractivity contribution in [2.45, 2.75) is 0 Å². The van der Waals surface area contributed by atoms with Crippen molar-refractivity contribution in [3.8, 4) is 34.2 Å². The number of hydrogen-bond acceptors (Lipinski definition) is 5. The normalized spacial score (nSPS) is 10.9. The average Bonchev–Trinajstić information content (AvgIpc) is 3.49. The van der Waals surface area contributed by atoms with E-state index in [4.69, 9.17) is 4.74 Å². The average molecular weight is 426 g/mol. The van der Waals surface area contributed by atoms with Gasteiger partial charge in [0, 0.05) is 30.6 Å². The van der Waals surface area contributed by atoms with Crippen LogP contribution >= 0.6 is 0 Å². The van der Waals surface area contributed by atoms with Crippen LogP contribution in [0, 0.1) is 0 Å². The molecule has 0 aliphatic rings. The Morgan fingerprint density at radius 3 is 2.53 bits per heavy atom. The highest BCUT2D eigenvalue weighted by molar-refractivity contribution is 5.58. The minimum atomic E-state index is -0.229. The van der Waals surface area contributed by atoms with Gasteiger partial charge in [-0.1, -0.05) is 18.2 Å². The molecule has 158 valence electrons. The van der Waals surface area contributed by atoms with E-state index < -0.39 is 0 Å².